The van der Waals surface area contributed by atoms with Crippen LogP contribution in [0.4, 0.5) is 5.69 Å². The van der Waals surface area contributed by atoms with Crippen LogP contribution in [-0.4, -0.2) is 23.2 Å². The van der Waals surface area contributed by atoms with Crippen LogP contribution in [0, 0.1) is 5.92 Å². The lowest BCUT2D eigenvalue weighted by atomic mass is 9.99. The van der Waals surface area contributed by atoms with E-state index in [0.717, 1.165) is 27.9 Å². The molecule has 31 heavy (non-hydrogen) atoms. The number of Topliss-reactive ketones (excluding diaryl/α,β-unsaturated/α-hetero) is 1. The van der Waals surface area contributed by atoms with Gasteiger partial charge in [-0.25, -0.2) is 0 Å². The minimum atomic E-state index is 0.133. The molecule has 0 unspecified atom stereocenters. The maximum atomic E-state index is 12.5. The van der Waals surface area contributed by atoms with Gasteiger partial charge in [0.25, 0.3) is 0 Å². The molecule has 0 fully saturated rings. The zero-order valence-corrected chi connectivity index (χ0v) is 18.5. The average molecular weight is 415 g/mol. The number of aryl methyl sites for hydroxylation is 1. The van der Waals surface area contributed by atoms with E-state index in [9.17, 15) is 9.59 Å². The van der Waals surface area contributed by atoms with Gasteiger partial charge in [-0.05, 0) is 47.2 Å². The van der Waals surface area contributed by atoms with Crippen molar-refractivity contribution >= 4 is 17.4 Å². The van der Waals surface area contributed by atoms with Crippen molar-refractivity contribution in [1.82, 2.24) is 4.98 Å². The van der Waals surface area contributed by atoms with Gasteiger partial charge in [0.2, 0.25) is 5.91 Å². The van der Waals surface area contributed by atoms with Crippen LogP contribution >= 0.6 is 0 Å². The Morgan fingerprint density at radius 1 is 0.935 bits per heavy atom. The molecule has 1 amide bonds. The predicted molar refractivity (Wildman–Crippen MR) is 126 cm³/mol. The summed E-state index contributed by atoms with van der Waals surface area (Å²) in [6.45, 7) is 6.83. The lowest BCUT2D eigenvalue weighted by Gasteiger charge is -2.24. The summed E-state index contributed by atoms with van der Waals surface area (Å²) < 4.78 is 0. The van der Waals surface area contributed by atoms with E-state index in [0.29, 0.717) is 31.7 Å². The molecule has 0 N–H and O–H groups in total. The molecule has 0 aliphatic rings. The molecule has 1 aromatic heterocycles. The summed E-state index contributed by atoms with van der Waals surface area (Å²) in [5.74, 6) is 0.669. The molecule has 160 valence electrons. The number of anilines is 1. The number of ketones is 1. The van der Waals surface area contributed by atoms with Crippen molar-refractivity contribution in [2.45, 2.75) is 40.0 Å². The normalized spacial score (nSPS) is 10.8. The van der Waals surface area contributed by atoms with Gasteiger partial charge in [0.15, 0.2) is 5.78 Å². The van der Waals surface area contributed by atoms with Gasteiger partial charge in [0, 0.05) is 43.0 Å². The number of benzene rings is 2. The number of rotatable bonds is 9. The minimum absolute atomic E-state index is 0.133. The molecule has 0 saturated heterocycles. The summed E-state index contributed by atoms with van der Waals surface area (Å²) in [5, 5.41) is 0. The fourth-order valence-electron chi connectivity index (χ4n) is 3.54. The predicted octanol–water partition coefficient (Wildman–Crippen LogP) is 5.96. The monoisotopic (exact) mass is 414 g/mol. The molecule has 0 aliphatic carbocycles. The molecule has 4 heteroatoms. The molecule has 3 aromatic rings. The molecule has 1 heterocycles. The molecule has 2 aromatic carbocycles. The number of pyridine rings is 1. The fraction of sp³-hybridized carbons (Fsp3) is 0.296. The van der Waals surface area contributed by atoms with Crippen LogP contribution < -0.4 is 4.90 Å². The molecular weight excluding hydrogens is 384 g/mol. The van der Waals surface area contributed by atoms with Gasteiger partial charge in [0.05, 0.1) is 0 Å². The first kappa shape index (κ1) is 22.4. The van der Waals surface area contributed by atoms with Crippen LogP contribution in [-0.2, 0) is 11.2 Å². The van der Waals surface area contributed by atoms with Crippen molar-refractivity contribution in [1.29, 1.82) is 0 Å². The Morgan fingerprint density at radius 3 is 2.13 bits per heavy atom. The lowest BCUT2D eigenvalue weighted by Crippen LogP contribution is -2.33. The van der Waals surface area contributed by atoms with E-state index in [4.69, 9.17) is 0 Å². The zero-order valence-electron chi connectivity index (χ0n) is 18.5. The third-order valence-electron chi connectivity index (χ3n) is 5.23. The quantitative estimate of drug-likeness (QED) is 0.406. The Labute approximate surface area is 184 Å². The Bertz CT molecular complexity index is 994. The second-order valence-corrected chi connectivity index (χ2v) is 8.16. The van der Waals surface area contributed by atoms with Crippen LogP contribution in [0.3, 0.4) is 0 Å². The standard InChI is InChI=1S/C27H30N2O2/c1-4-27(31)29(19-20(2)3)25-14-12-23(13-15-25)22-8-10-24(11-9-22)26(30)16-7-21-6-5-17-28-18-21/h5-6,8-15,17-18,20H,4,7,16,19H2,1-3H3. The van der Waals surface area contributed by atoms with Crippen molar-refractivity contribution in [3.05, 3.63) is 84.2 Å². The summed E-state index contributed by atoms with van der Waals surface area (Å²) in [6.07, 6.45) is 5.19. The Morgan fingerprint density at radius 2 is 1.58 bits per heavy atom. The number of hydrogen-bond acceptors (Lipinski definition) is 3. The Hall–Kier alpha value is -3.27. The van der Waals surface area contributed by atoms with E-state index >= 15 is 0 Å². The lowest BCUT2D eigenvalue weighted by molar-refractivity contribution is -0.118. The number of nitrogens with zero attached hydrogens (tertiary/aromatic N) is 2. The van der Waals surface area contributed by atoms with Crippen LogP contribution in [0.5, 0.6) is 0 Å². The van der Waals surface area contributed by atoms with E-state index in [1.807, 2.05) is 72.5 Å². The van der Waals surface area contributed by atoms with Crippen molar-refractivity contribution in [2.75, 3.05) is 11.4 Å². The molecule has 0 saturated carbocycles. The van der Waals surface area contributed by atoms with Crippen LogP contribution in [0.15, 0.2) is 73.1 Å². The summed E-state index contributed by atoms with van der Waals surface area (Å²) in [4.78, 5) is 30.8. The van der Waals surface area contributed by atoms with E-state index in [1.165, 1.54) is 0 Å². The smallest absolute Gasteiger partial charge is 0.226 e. The van der Waals surface area contributed by atoms with E-state index in [2.05, 4.69) is 18.8 Å². The van der Waals surface area contributed by atoms with E-state index in [-0.39, 0.29) is 11.7 Å². The highest BCUT2D eigenvalue weighted by molar-refractivity contribution is 5.96. The van der Waals surface area contributed by atoms with Crippen molar-refractivity contribution in [3.8, 4) is 11.1 Å². The second-order valence-electron chi connectivity index (χ2n) is 8.16. The van der Waals surface area contributed by atoms with Gasteiger partial charge in [-0.1, -0.05) is 63.2 Å². The maximum Gasteiger partial charge on any atom is 0.226 e. The zero-order chi connectivity index (χ0) is 22.2. The third-order valence-corrected chi connectivity index (χ3v) is 5.23. The van der Waals surface area contributed by atoms with Gasteiger partial charge in [-0.3, -0.25) is 14.6 Å². The highest BCUT2D eigenvalue weighted by atomic mass is 16.2. The van der Waals surface area contributed by atoms with Crippen molar-refractivity contribution < 1.29 is 9.59 Å². The molecule has 0 radical (unpaired) electrons. The topological polar surface area (TPSA) is 50.3 Å². The first-order chi connectivity index (χ1) is 15.0. The van der Waals surface area contributed by atoms with Gasteiger partial charge in [0.1, 0.15) is 0 Å². The number of carbonyl (C=O) groups is 2. The largest absolute Gasteiger partial charge is 0.312 e. The van der Waals surface area contributed by atoms with Crippen LogP contribution in [0.25, 0.3) is 11.1 Å². The minimum Gasteiger partial charge on any atom is -0.312 e. The highest BCUT2D eigenvalue weighted by Crippen LogP contribution is 2.25. The molecule has 4 nitrogen and oxygen atoms in total. The van der Waals surface area contributed by atoms with Crippen LogP contribution in [0.2, 0.25) is 0 Å². The second kappa shape index (κ2) is 10.7. The van der Waals surface area contributed by atoms with Crippen molar-refractivity contribution in [2.24, 2.45) is 5.92 Å². The third kappa shape index (κ3) is 6.11. The van der Waals surface area contributed by atoms with Crippen LogP contribution in [0.1, 0.15) is 49.5 Å². The highest BCUT2D eigenvalue weighted by Gasteiger charge is 2.15. The van der Waals surface area contributed by atoms with Gasteiger partial charge in [-0.2, -0.15) is 0 Å². The van der Waals surface area contributed by atoms with Gasteiger partial charge >= 0.3 is 0 Å². The first-order valence-corrected chi connectivity index (χ1v) is 10.9. The summed E-state index contributed by atoms with van der Waals surface area (Å²) in [6, 6.07) is 19.7. The number of amides is 1. The van der Waals surface area contributed by atoms with Gasteiger partial charge in [-0.15, -0.1) is 0 Å². The summed E-state index contributed by atoms with van der Waals surface area (Å²) in [5.41, 5.74) is 4.83. The first-order valence-electron chi connectivity index (χ1n) is 10.9. The molecule has 0 bridgehead atoms. The molecule has 0 aliphatic heterocycles. The number of hydrogen-bond donors (Lipinski definition) is 0. The SMILES string of the molecule is CCC(=O)N(CC(C)C)c1ccc(-c2ccc(C(=O)CCc3cccnc3)cc2)cc1. The molecule has 0 spiro atoms. The number of aromatic nitrogens is 1. The van der Waals surface area contributed by atoms with E-state index < -0.39 is 0 Å². The summed E-state index contributed by atoms with van der Waals surface area (Å²) >= 11 is 0. The van der Waals surface area contributed by atoms with E-state index in [1.54, 1.807) is 12.4 Å². The maximum absolute atomic E-state index is 12.5. The van der Waals surface area contributed by atoms with Gasteiger partial charge < -0.3 is 4.90 Å². The Balaban J connectivity index is 1.67. The fourth-order valence-corrected chi connectivity index (χ4v) is 3.54. The molecule has 3 rings (SSSR count). The Kier molecular flexibility index (Phi) is 7.71. The number of carbonyl (C=O) groups excluding carboxylic acids is 2. The average Bonchev–Trinajstić information content (AvgIpc) is 2.81. The molecular formula is C27H30N2O2. The van der Waals surface area contributed by atoms with Crippen molar-refractivity contribution in [3.63, 3.8) is 0 Å². The summed E-state index contributed by atoms with van der Waals surface area (Å²) in [7, 11) is 0. The molecule has 0 atom stereocenters.